The highest BCUT2D eigenvalue weighted by atomic mass is 19.3. The molecule has 1 aromatic heterocycles. The minimum absolute atomic E-state index is 0.0670. The predicted molar refractivity (Wildman–Crippen MR) is 46.4 cm³/mol. The second kappa shape index (κ2) is 4.63. The van der Waals surface area contributed by atoms with Crippen molar-refractivity contribution in [2.75, 3.05) is 0 Å². The lowest BCUT2D eigenvalue weighted by molar-refractivity contribution is 0.150. The maximum Gasteiger partial charge on any atom is 0.264 e. The molecule has 0 bridgehead atoms. The van der Waals surface area contributed by atoms with Gasteiger partial charge in [0, 0.05) is 18.3 Å². The molecule has 0 aliphatic rings. The number of hydrogen-bond donors (Lipinski definition) is 1. The van der Waals surface area contributed by atoms with Crippen LogP contribution in [0.5, 0.6) is 0 Å². The largest absolute Gasteiger partial charge is 0.325 e. The molecular formula is C9H9F2N3. The fraction of sp³-hybridized carbons (Fsp3) is 0.333. The molecular weight excluding hydrogens is 188 g/mol. The summed E-state index contributed by atoms with van der Waals surface area (Å²) in [5, 5.41) is 8.48. The summed E-state index contributed by atoms with van der Waals surface area (Å²) in [6, 6.07) is 3.04. The average molecular weight is 197 g/mol. The van der Waals surface area contributed by atoms with E-state index in [1.807, 2.05) is 6.07 Å². The van der Waals surface area contributed by atoms with Gasteiger partial charge in [0.1, 0.15) is 0 Å². The molecule has 0 fully saturated rings. The third kappa shape index (κ3) is 2.03. The molecule has 5 heteroatoms. The third-order valence-electron chi connectivity index (χ3n) is 1.87. The maximum atomic E-state index is 12.5. The molecule has 0 aliphatic carbocycles. The molecule has 0 atom stereocenters. The molecule has 3 nitrogen and oxygen atoms in total. The van der Waals surface area contributed by atoms with E-state index in [0.717, 1.165) is 0 Å². The van der Waals surface area contributed by atoms with E-state index >= 15 is 0 Å². The quantitative estimate of drug-likeness (QED) is 0.799. The summed E-state index contributed by atoms with van der Waals surface area (Å²) in [5.41, 5.74) is 5.80. The molecule has 1 rings (SSSR count). The third-order valence-corrected chi connectivity index (χ3v) is 1.87. The highest BCUT2D eigenvalue weighted by Crippen LogP contribution is 2.24. The Labute approximate surface area is 80.2 Å². The lowest BCUT2D eigenvalue weighted by Crippen LogP contribution is -2.07. The first-order valence-electron chi connectivity index (χ1n) is 4.02. The zero-order chi connectivity index (χ0) is 10.6. The van der Waals surface area contributed by atoms with Crippen LogP contribution < -0.4 is 5.73 Å². The zero-order valence-electron chi connectivity index (χ0n) is 7.37. The van der Waals surface area contributed by atoms with Gasteiger partial charge in [-0.15, -0.1) is 0 Å². The Morgan fingerprint density at radius 1 is 1.57 bits per heavy atom. The van der Waals surface area contributed by atoms with E-state index in [-0.39, 0.29) is 24.1 Å². The van der Waals surface area contributed by atoms with Crippen LogP contribution in [0.25, 0.3) is 0 Å². The Morgan fingerprint density at radius 3 is 2.79 bits per heavy atom. The van der Waals surface area contributed by atoms with Crippen molar-refractivity contribution < 1.29 is 8.78 Å². The highest BCUT2D eigenvalue weighted by Gasteiger charge is 2.15. The topological polar surface area (TPSA) is 62.7 Å². The van der Waals surface area contributed by atoms with E-state index in [2.05, 4.69) is 4.98 Å². The van der Waals surface area contributed by atoms with Crippen molar-refractivity contribution in [1.29, 1.82) is 5.26 Å². The summed E-state index contributed by atoms with van der Waals surface area (Å²) in [7, 11) is 0. The van der Waals surface area contributed by atoms with Crippen molar-refractivity contribution >= 4 is 0 Å². The van der Waals surface area contributed by atoms with E-state index in [4.69, 9.17) is 11.0 Å². The Kier molecular flexibility index (Phi) is 3.48. The van der Waals surface area contributed by atoms with Crippen LogP contribution >= 0.6 is 0 Å². The first-order valence-corrected chi connectivity index (χ1v) is 4.02. The number of hydrogen-bond acceptors (Lipinski definition) is 3. The van der Waals surface area contributed by atoms with Gasteiger partial charge in [-0.25, -0.2) is 8.78 Å². The van der Waals surface area contributed by atoms with Gasteiger partial charge in [0.05, 0.1) is 18.2 Å². The van der Waals surface area contributed by atoms with Crippen LogP contribution in [0.15, 0.2) is 12.3 Å². The molecule has 0 amide bonds. The van der Waals surface area contributed by atoms with Crippen molar-refractivity contribution in [2.45, 2.75) is 19.4 Å². The van der Waals surface area contributed by atoms with Crippen LogP contribution in [0.4, 0.5) is 8.78 Å². The number of rotatable bonds is 3. The van der Waals surface area contributed by atoms with Crippen molar-refractivity contribution in [3.63, 3.8) is 0 Å². The fourth-order valence-electron chi connectivity index (χ4n) is 1.22. The molecule has 0 saturated heterocycles. The van der Waals surface area contributed by atoms with Gasteiger partial charge in [-0.1, -0.05) is 0 Å². The summed E-state index contributed by atoms with van der Waals surface area (Å²) in [6.45, 7) is 0.0670. The molecule has 0 unspecified atom stereocenters. The van der Waals surface area contributed by atoms with Crippen molar-refractivity contribution in [3.05, 3.63) is 29.1 Å². The number of halogens is 2. The zero-order valence-corrected chi connectivity index (χ0v) is 7.37. The number of pyridine rings is 1. The second-order valence-corrected chi connectivity index (χ2v) is 2.67. The minimum Gasteiger partial charge on any atom is -0.325 e. The Bertz CT molecular complexity index is 358. The minimum atomic E-state index is -2.59. The molecule has 1 aromatic rings. The molecule has 0 spiro atoms. The summed E-state index contributed by atoms with van der Waals surface area (Å²) in [5.74, 6) is 0. The van der Waals surface area contributed by atoms with Gasteiger partial charge in [-0.3, -0.25) is 4.98 Å². The first-order chi connectivity index (χ1) is 6.70. The first kappa shape index (κ1) is 10.5. The van der Waals surface area contributed by atoms with Gasteiger partial charge in [0.25, 0.3) is 6.43 Å². The maximum absolute atomic E-state index is 12.5. The summed E-state index contributed by atoms with van der Waals surface area (Å²) in [4.78, 5) is 3.85. The summed E-state index contributed by atoms with van der Waals surface area (Å²) >= 11 is 0. The van der Waals surface area contributed by atoms with Gasteiger partial charge in [-0.05, 0) is 11.6 Å². The SMILES string of the molecule is N#CCc1c(C(F)F)ccnc1CN. The predicted octanol–water partition coefficient (Wildman–Crippen LogP) is 1.54. The second-order valence-electron chi connectivity index (χ2n) is 2.67. The van der Waals surface area contributed by atoms with Crippen LogP contribution in [0, 0.1) is 11.3 Å². The lowest BCUT2D eigenvalue weighted by atomic mass is 10.0. The van der Waals surface area contributed by atoms with Crippen LogP contribution in [-0.2, 0) is 13.0 Å². The normalized spacial score (nSPS) is 10.2. The molecule has 0 radical (unpaired) electrons. The van der Waals surface area contributed by atoms with Gasteiger partial charge in [0.15, 0.2) is 0 Å². The van der Waals surface area contributed by atoms with Gasteiger partial charge >= 0.3 is 0 Å². The van der Waals surface area contributed by atoms with Crippen LogP contribution in [-0.4, -0.2) is 4.98 Å². The number of alkyl halides is 2. The van der Waals surface area contributed by atoms with Crippen LogP contribution in [0.3, 0.4) is 0 Å². The number of nitriles is 1. The number of nitrogens with two attached hydrogens (primary N) is 1. The van der Waals surface area contributed by atoms with Crippen LogP contribution in [0.1, 0.15) is 23.2 Å². The molecule has 1 heterocycles. The molecule has 74 valence electrons. The van der Waals surface area contributed by atoms with E-state index in [1.54, 1.807) is 0 Å². The van der Waals surface area contributed by atoms with Gasteiger partial charge in [-0.2, -0.15) is 5.26 Å². The number of nitrogens with zero attached hydrogens (tertiary/aromatic N) is 2. The Hall–Kier alpha value is -1.54. The highest BCUT2D eigenvalue weighted by molar-refractivity contribution is 5.33. The Morgan fingerprint density at radius 2 is 2.29 bits per heavy atom. The Balaban J connectivity index is 3.22. The monoisotopic (exact) mass is 197 g/mol. The van der Waals surface area contributed by atoms with Crippen molar-refractivity contribution in [3.8, 4) is 6.07 Å². The van der Waals surface area contributed by atoms with E-state index < -0.39 is 6.43 Å². The van der Waals surface area contributed by atoms with Crippen molar-refractivity contribution in [2.24, 2.45) is 5.73 Å². The summed E-state index contributed by atoms with van der Waals surface area (Å²) in [6.07, 6.45) is -1.39. The fourth-order valence-corrected chi connectivity index (χ4v) is 1.22. The van der Waals surface area contributed by atoms with Gasteiger partial charge < -0.3 is 5.73 Å². The standard InChI is InChI=1S/C9H9F2N3/c10-9(11)7-2-4-14-8(5-13)6(7)1-3-12/h2,4,9H,1,5,13H2. The number of aromatic nitrogens is 1. The van der Waals surface area contributed by atoms with E-state index in [0.29, 0.717) is 5.69 Å². The lowest BCUT2D eigenvalue weighted by Gasteiger charge is -2.09. The van der Waals surface area contributed by atoms with Crippen molar-refractivity contribution in [1.82, 2.24) is 4.98 Å². The van der Waals surface area contributed by atoms with E-state index in [1.165, 1.54) is 12.3 Å². The smallest absolute Gasteiger partial charge is 0.264 e. The molecule has 0 saturated carbocycles. The van der Waals surface area contributed by atoms with Gasteiger partial charge in [0.2, 0.25) is 0 Å². The molecule has 0 aromatic carbocycles. The molecule has 0 aliphatic heterocycles. The average Bonchev–Trinajstić information content (AvgIpc) is 2.18. The molecule has 2 N–H and O–H groups in total. The van der Waals surface area contributed by atoms with E-state index in [9.17, 15) is 8.78 Å². The summed E-state index contributed by atoms with van der Waals surface area (Å²) < 4.78 is 25.0. The van der Waals surface area contributed by atoms with Crippen LogP contribution in [0.2, 0.25) is 0 Å². The molecule has 14 heavy (non-hydrogen) atoms.